The van der Waals surface area contributed by atoms with Crippen LogP contribution in [0.1, 0.15) is 30.6 Å². The Bertz CT molecular complexity index is 768. The molecule has 2 aromatic carbocycles. The van der Waals surface area contributed by atoms with Gasteiger partial charge in [-0.1, -0.05) is 30.1 Å². The highest BCUT2D eigenvalue weighted by Crippen LogP contribution is 2.35. The summed E-state index contributed by atoms with van der Waals surface area (Å²) in [5.41, 5.74) is 0.957. The summed E-state index contributed by atoms with van der Waals surface area (Å²) in [5.74, 6) is 0.922. The van der Waals surface area contributed by atoms with Gasteiger partial charge in [0.25, 0.3) is 5.91 Å². The average molecular weight is 494 g/mol. The van der Waals surface area contributed by atoms with Crippen LogP contribution in [0, 0.1) is 3.57 Å². The summed E-state index contributed by atoms with van der Waals surface area (Å²) in [6.45, 7) is 4.98. The molecule has 0 spiro atoms. The van der Waals surface area contributed by atoms with Gasteiger partial charge in [-0.25, -0.2) is 0 Å². The zero-order valence-electron chi connectivity index (χ0n) is 13.9. The highest BCUT2D eigenvalue weighted by atomic mass is 127. The van der Waals surface area contributed by atoms with E-state index >= 15 is 0 Å². The molecule has 7 heteroatoms. The first-order valence-corrected chi connectivity index (χ1v) is 9.65. The maximum absolute atomic E-state index is 12.6. The smallest absolute Gasteiger partial charge is 0.255 e. The maximum atomic E-state index is 12.6. The lowest BCUT2D eigenvalue weighted by atomic mass is 10.1. The topological polar surface area (TPSA) is 47.6 Å². The number of carbonyl (C=O) groups is 1. The van der Waals surface area contributed by atoms with Crippen molar-refractivity contribution in [1.29, 1.82) is 0 Å². The third kappa shape index (κ3) is 5.39. The molecule has 0 unspecified atom stereocenters. The molecule has 4 nitrogen and oxygen atoms in total. The van der Waals surface area contributed by atoms with Crippen molar-refractivity contribution in [2.24, 2.45) is 0 Å². The molecule has 0 aromatic heterocycles. The molecule has 0 aliphatic rings. The van der Waals surface area contributed by atoms with Gasteiger partial charge in [-0.3, -0.25) is 4.79 Å². The van der Waals surface area contributed by atoms with Crippen LogP contribution in [0.4, 0.5) is 5.69 Å². The number of nitrogens with one attached hydrogen (secondary N) is 1. The van der Waals surface area contributed by atoms with E-state index in [1.807, 2.05) is 13.8 Å². The van der Waals surface area contributed by atoms with E-state index in [1.165, 1.54) is 0 Å². The second-order valence-electron chi connectivity index (χ2n) is 5.15. The zero-order chi connectivity index (χ0) is 18.4. The summed E-state index contributed by atoms with van der Waals surface area (Å²) in [6.07, 6.45) is 0.888. The van der Waals surface area contributed by atoms with Crippen molar-refractivity contribution >= 4 is 57.4 Å². The minimum atomic E-state index is -0.287. The predicted octanol–water partition coefficient (Wildman–Crippen LogP) is 6.04. The summed E-state index contributed by atoms with van der Waals surface area (Å²) in [4.78, 5) is 12.6. The van der Waals surface area contributed by atoms with E-state index in [0.717, 1.165) is 9.99 Å². The van der Waals surface area contributed by atoms with Gasteiger partial charge in [0.1, 0.15) is 0 Å². The first kappa shape index (κ1) is 20.1. The summed E-state index contributed by atoms with van der Waals surface area (Å²) in [7, 11) is 0. The van der Waals surface area contributed by atoms with Crippen LogP contribution in [0.15, 0.2) is 30.3 Å². The van der Waals surface area contributed by atoms with Crippen LogP contribution < -0.4 is 14.8 Å². The van der Waals surface area contributed by atoms with Crippen molar-refractivity contribution in [3.63, 3.8) is 0 Å². The van der Waals surface area contributed by atoms with Gasteiger partial charge in [0, 0.05) is 10.6 Å². The molecule has 1 amide bonds. The third-order valence-electron chi connectivity index (χ3n) is 3.20. The van der Waals surface area contributed by atoms with Crippen molar-refractivity contribution in [2.75, 3.05) is 18.5 Å². The number of hydrogen-bond donors (Lipinski definition) is 1. The molecule has 1 N–H and O–H groups in total. The van der Waals surface area contributed by atoms with Gasteiger partial charge >= 0.3 is 0 Å². The number of amides is 1. The number of ether oxygens (including phenoxy) is 2. The van der Waals surface area contributed by atoms with Gasteiger partial charge in [0.05, 0.1) is 27.5 Å². The van der Waals surface area contributed by atoms with E-state index in [0.29, 0.717) is 46.0 Å². The fourth-order valence-electron chi connectivity index (χ4n) is 2.09. The Labute approximate surface area is 170 Å². The van der Waals surface area contributed by atoms with Gasteiger partial charge in [0.15, 0.2) is 11.5 Å². The van der Waals surface area contributed by atoms with E-state index in [1.54, 1.807) is 30.3 Å². The van der Waals surface area contributed by atoms with Gasteiger partial charge in [0.2, 0.25) is 0 Å². The SMILES string of the molecule is CCCOc1c(I)cc(C(=O)Nc2ccc(Cl)cc2Cl)cc1OCC. The minimum Gasteiger partial charge on any atom is -0.490 e. The minimum absolute atomic E-state index is 0.287. The number of hydrogen-bond acceptors (Lipinski definition) is 3. The number of halogens is 3. The van der Waals surface area contributed by atoms with E-state index in [9.17, 15) is 4.79 Å². The molecule has 0 aliphatic carbocycles. The number of anilines is 1. The molecule has 0 aliphatic heterocycles. The maximum Gasteiger partial charge on any atom is 0.255 e. The Kier molecular flexibility index (Phi) is 7.65. The zero-order valence-corrected chi connectivity index (χ0v) is 17.5. The van der Waals surface area contributed by atoms with Gasteiger partial charge in [-0.05, 0) is 66.3 Å². The molecule has 0 saturated carbocycles. The fourth-order valence-corrected chi connectivity index (χ4v) is 3.30. The van der Waals surface area contributed by atoms with Crippen LogP contribution in [-0.2, 0) is 0 Å². The molecule has 0 atom stereocenters. The monoisotopic (exact) mass is 493 g/mol. The van der Waals surface area contributed by atoms with E-state index in [4.69, 9.17) is 32.7 Å². The van der Waals surface area contributed by atoms with Gasteiger partial charge in [-0.15, -0.1) is 0 Å². The number of benzene rings is 2. The van der Waals surface area contributed by atoms with E-state index in [2.05, 4.69) is 27.9 Å². The summed E-state index contributed by atoms with van der Waals surface area (Å²) >= 11 is 14.1. The molecule has 0 heterocycles. The van der Waals surface area contributed by atoms with Crippen LogP contribution in [0.2, 0.25) is 10.0 Å². The van der Waals surface area contributed by atoms with Gasteiger partial charge in [-0.2, -0.15) is 0 Å². The second-order valence-corrected chi connectivity index (χ2v) is 7.15. The molecular formula is C18H18Cl2INO3. The lowest BCUT2D eigenvalue weighted by Gasteiger charge is -2.15. The molecule has 2 rings (SSSR count). The number of rotatable bonds is 7. The third-order valence-corrected chi connectivity index (χ3v) is 4.55. The lowest BCUT2D eigenvalue weighted by molar-refractivity contribution is 0.102. The van der Waals surface area contributed by atoms with Crippen LogP contribution in [-0.4, -0.2) is 19.1 Å². The molecule has 0 radical (unpaired) electrons. The molecular weight excluding hydrogens is 476 g/mol. The highest BCUT2D eigenvalue weighted by molar-refractivity contribution is 14.1. The Morgan fingerprint density at radius 3 is 2.56 bits per heavy atom. The molecule has 25 heavy (non-hydrogen) atoms. The fraction of sp³-hybridized carbons (Fsp3) is 0.278. The average Bonchev–Trinajstić information content (AvgIpc) is 2.56. The Morgan fingerprint density at radius 2 is 1.92 bits per heavy atom. The van der Waals surface area contributed by atoms with Crippen molar-refractivity contribution in [3.05, 3.63) is 49.5 Å². The Morgan fingerprint density at radius 1 is 1.16 bits per heavy atom. The highest BCUT2D eigenvalue weighted by Gasteiger charge is 2.17. The molecule has 0 saturated heterocycles. The van der Waals surface area contributed by atoms with Crippen molar-refractivity contribution in [1.82, 2.24) is 0 Å². The quantitative estimate of drug-likeness (QED) is 0.478. The van der Waals surface area contributed by atoms with Crippen LogP contribution in [0.3, 0.4) is 0 Å². The Hall–Kier alpha value is -1.18. The summed E-state index contributed by atoms with van der Waals surface area (Å²) in [5, 5.41) is 3.67. The molecule has 0 bridgehead atoms. The summed E-state index contributed by atoms with van der Waals surface area (Å²) < 4.78 is 12.2. The second kappa shape index (κ2) is 9.50. The van der Waals surface area contributed by atoms with Crippen molar-refractivity contribution in [3.8, 4) is 11.5 Å². The standard InChI is InChI=1S/C18H18Cl2INO3/c1-3-7-25-17-14(21)8-11(9-16(17)24-4-2)18(23)22-15-6-5-12(19)10-13(15)20/h5-6,8-10H,3-4,7H2,1-2H3,(H,22,23). The lowest BCUT2D eigenvalue weighted by Crippen LogP contribution is -2.13. The van der Waals surface area contributed by atoms with Crippen molar-refractivity contribution in [2.45, 2.75) is 20.3 Å². The van der Waals surface area contributed by atoms with E-state index in [-0.39, 0.29) is 5.91 Å². The summed E-state index contributed by atoms with van der Waals surface area (Å²) in [6, 6.07) is 8.34. The predicted molar refractivity (Wildman–Crippen MR) is 111 cm³/mol. The van der Waals surface area contributed by atoms with Gasteiger partial charge < -0.3 is 14.8 Å². The van der Waals surface area contributed by atoms with Crippen LogP contribution in [0.5, 0.6) is 11.5 Å². The first-order chi connectivity index (χ1) is 12.0. The Balaban J connectivity index is 2.29. The largest absolute Gasteiger partial charge is 0.490 e. The van der Waals surface area contributed by atoms with Crippen LogP contribution >= 0.6 is 45.8 Å². The molecule has 2 aromatic rings. The normalized spacial score (nSPS) is 10.4. The molecule has 0 fully saturated rings. The first-order valence-electron chi connectivity index (χ1n) is 7.81. The van der Waals surface area contributed by atoms with Crippen molar-refractivity contribution < 1.29 is 14.3 Å². The van der Waals surface area contributed by atoms with E-state index < -0.39 is 0 Å². The van der Waals surface area contributed by atoms with Crippen LogP contribution in [0.25, 0.3) is 0 Å². The molecule has 134 valence electrons. The number of carbonyl (C=O) groups excluding carboxylic acids is 1.